The van der Waals surface area contributed by atoms with E-state index in [2.05, 4.69) is 22.1 Å². The highest BCUT2D eigenvalue weighted by Gasteiger charge is 2.33. The van der Waals surface area contributed by atoms with Gasteiger partial charge in [0, 0.05) is 29.1 Å². The van der Waals surface area contributed by atoms with Gasteiger partial charge >= 0.3 is 0 Å². The zero-order valence-corrected chi connectivity index (χ0v) is 14.9. The quantitative estimate of drug-likeness (QED) is 0.819. The number of aliphatic hydroxyl groups is 1. The number of pyridine rings is 1. The van der Waals surface area contributed by atoms with Crippen LogP contribution in [0.3, 0.4) is 0 Å². The Balaban J connectivity index is 1.69. The molecule has 1 heterocycles. The fourth-order valence-corrected chi connectivity index (χ4v) is 3.25. The second-order valence-electron chi connectivity index (χ2n) is 6.29. The molecule has 1 aliphatic rings. The van der Waals surface area contributed by atoms with Crippen molar-refractivity contribution in [3.05, 3.63) is 53.1 Å². The van der Waals surface area contributed by atoms with E-state index in [4.69, 9.17) is 16.3 Å². The van der Waals surface area contributed by atoms with E-state index in [1.54, 1.807) is 19.2 Å². The molecule has 130 valence electrons. The van der Waals surface area contributed by atoms with Gasteiger partial charge in [-0.3, -0.25) is 0 Å². The average Bonchev–Trinajstić information content (AvgIpc) is 2.60. The maximum absolute atomic E-state index is 10.9. The molecule has 3 rings (SSSR count). The van der Waals surface area contributed by atoms with Crippen LogP contribution in [0, 0.1) is 11.8 Å². The maximum Gasteiger partial charge on any atom is 0.214 e. The summed E-state index contributed by atoms with van der Waals surface area (Å²) in [7, 11) is 1.59. The van der Waals surface area contributed by atoms with Gasteiger partial charge in [0.2, 0.25) is 5.88 Å². The average molecular weight is 357 g/mol. The molecule has 1 aliphatic carbocycles. The molecule has 4 nitrogen and oxygen atoms in total. The van der Waals surface area contributed by atoms with Crippen molar-refractivity contribution >= 4 is 17.4 Å². The fourth-order valence-electron chi connectivity index (χ4n) is 3.06. The topological polar surface area (TPSA) is 54.4 Å². The zero-order chi connectivity index (χ0) is 17.7. The molecule has 1 fully saturated rings. The highest BCUT2D eigenvalue weighted by Crippen LogP contribution is 2.30. The smallest absolute Gasteiger partial charge is 0.214 e. The molecular weight excluding hydrogens is 336 g/mol. The van der Waals surface area contributed by atoms with Gasteiger partial charge in [0.15, 0.2) is 0 Å². The molecule has 2 atom stereocenters. The summed E-state index contributed by atoms with van der Waals surface area (Å²) in [5.41, 5.74) is -0.192. The lowest BCUT2D eigenvalue weighted by atomic mass is 9.82. The number of anilines is 1. The number of hydrogen-bond donors (Lipinski definition) is 2. The van der Waals surface area contributed by atoms with E-state index in [0.717, 1.165) is 24.2 Å². The van der Waals surface area contributed by atoms with Crippen LogP contribution in [0.5, 0.6) is 5.88 Å². The van der Waals surface area contributed by atoms with E-state index in [0.29, 0.717) is 23.7 Å². The third-order valence-corrected chi connectivity index (χ3v) is 4.51. The van der Waals surface area contributed by atoms with Crippen LogP contribution in [-0.2, 0) is 0 Å². The van der Waals surface area contributed by atoms with Crippen LogP contribution in [0.15, 0.2) is 42.5 Å². The fraction of sp³-hybridized carbons (Fsp3) is 0.350. The minimum absolute atomic E-state index is 0.118. The Kier molecular flexibility index (Phi) is 5.47. The molecule has 5 heteroatoms. The van der Waals surface area contributed by atoms with Gasteiger partial charge in [-0.1, -0.05) is 35.6 Å². The van der Waals surface area contributed by atoms with E-state index in [-0.39, 0.29) is 6.04 Å². The summed E-state index contributed by atoms with van der Waals surface area (Å²) in [6.07, 6.45) is 3.10. The van der Waals surface area contributed by atoms with Crippen molar-refractivity contribution in [3.8, 4) is 17.7 Å². The summed E-state index contributed by atoms with van der Waals surface area (Å²) in [5.74, 6) is 7.41. The van der Waals surface area contributed by atoms with Crippen LogP contribution in [0.2, 0.25) is 5.02 Å². The van der Waals surface area contributed by atoms with Crippen molar-refractivity contribution in [3.63, 3.8) is 0 Å². The molecule has 0 spiro atoms. The predicted octanol–water partition coefficient (Wildman–Crippen LogP) is 3.88. The minimum atomic E-state index is -1.00. The van der Waals surface area contributed by atoms with Crippen LogP contribution in [-0.4, -0.2) is 28.8 Å². The molecule has 1 saturated carbocycles. The van der Waals surface area contributed by atoms with Gasteiger partial charge in [0.1, 0.15) is 11.4 Å². The van der Waals surface area contributed by atoms with Crippen molar-refractivity contribution in [2.24, 2.45) is 0 Å². The number of aromatic nitrogens is 1. The lowest BCUT2D eigenvalue weighted by Crippen LogP contribution is -2.39. The van der Waals surface area contributed by atoms with Gasteiger partial charge in [-0.05, 0) is 43.5 Å². The summed E-state index contributed by atoms with van der Waals surface area (Å²) in [5, 5.41) is 14.9. The van der Waals surface area contributed by atoms with Gasteiger partial charge in [0.25, 0.3) is 0 Å². The Labute approximate surface area is 153 Å². The van der Waals surface area contributed by atoms with Crippen LogP contribution >= 0.6 is 11.6 Å². The SMILES string of the molecule is COc1cccc(N[C@@H]2CCC[C@](O)(C#Cc3cccc(Cl)c3)C2)n1. The Morgan fingerprint density at radius 1 is 1.32 bits per heavy atom. The molecule has 25 heavy (non-hydrogen) atoms. The first-order valence-corrected chi connectivity index (χ1v) is 8.73. The van der Waals surface area contributed by atoms with E-state index >= 15 is 0 Å². The molecule has 0 amide bonds. The summed E-state index contributed by atoms with van der Waals surface area (Å²) in [6, 6.07) is 13.1. The molecule has 0 radical (unpaired) electrons. The molecule has 0 unspecified atom stereocenters. The number of rotatable bonds is 3. The third kappa shape index (κ3) is 4.88. The Morgan fingerprint density at radius 3 is 2.96 bits per heavy atom. The highest BCUT2D eigenvalue weighted by atomic mass is 35.5. The summed E-state index contributed by atoms with van der Waals surface area (Å²) < 4.78 is 5.15. The van der Waals surface area contributed by atoms with Gasteiger partial charge < -0.3 is 15.2 Å². The van der Waals surface area contributed by atoms with Crippen molar-refractivity contribution in [1.29, 1.82) is 0 Å². The van der Waals surface area contributed by atoms with E-state index in [9.17, 15) is 5.11 Å². The largest absolute Gasteiger partial charge is 0.481 e. The molecule has 2 N–H and O–H groups in total. The molecule has 0 saturated heterocycles. The highest BCUT2D eigenvalue weighted by molar-refractivity contribution is 6.30. The number of hydrogen-bond acceptors (Lipinski definition) is 4. The first-order chi connectivity index (χ1) is 12.1. The minimum Gasteiger partial charge on any atom is -0.481 e. The van der Waals surface area contributed by atoms with Gasteiger partial charge in [0.05, 0.1) is 7.11 Å². The van der Waals surface area contributed by atoms with Crippen LogP contribution in [0.25, 0.3) is 0 Å². The zero-order valence-electron chi connectivity index (χ0n) is 14.1. The first-order valence-electron chi connectivity index (χ1n) is 8.35. The summed E-state index contributed by atoms with van der Waals surface area (Å²) >= 11 is 5.98. The van der Waals surface area contributed by atoms with Crippen molar-refractivity contribution in [2.75, 3.05) is 12.4 Å². The monoisotopic (exact) mass is 356 g/mol. The van der Waals surface area contributed by atoms with Gasteiger partial charge in [-0.2, -0.15) is 4.98 Å². The Hall–Kier alpha value is -2.22. The Bertz CT molecular complexity index is 800. The Morgan fingerprint density at radius 2 is 2.16 bits per heavy atom. The van der Waals surface area contributed by atoms with Crippen LogP contribution in [0.4, 0.5) is 5.82 Å². The van der Waals surface area contributed by atoms with Crippen molar-refractivity contribution < 1.29 is 9.84 Å². The normalized spacial score (nSPS) is 22.6. The number of nitrogens with one attached hydrogen (secondary N) is 1. The number of nitrogens with zero attached hydrogens (tertiary/aromatic N) is 1. The summed E-state index contributed by atoms with van der Waals surface area (Å²) in [4.78, 5) is 4.37. The van der Waals surface area contributed by atoms with E-state index < -0.39 is 5.60 Å². The van der Waals surface area contributed by atoms with Gasteiger partial charge in [-0.25, -0.2) is 0 Å². The van der Waals surface area contributed by atoms with Crippen molar-refractivity contribution in [1.82, 2.24) is 4.98 Å². The van der Waals surface area contributed by atoms with Crippen LogP contribution < -0.4 is 10.1 Å². The molecular formula is C20H21ClN2O2. The number of methoxy groups -OCH3 is 1. The second-order valence-corrected chi connectivity index (χ2v) is 6.73. The van der Waals surface area contributed by atoms with Crippen LogP contribution in [0.1, 0.15) is 31.2 Å². The van der Waals surface area contributed by atoms with Gasteiger partial charge in [-0.15, -0.1) is 0 Å². The molecule has 0 bridgehead atoms. The third-order valence-electron chi connectivity index (χ3n) is 4.28. The first kappa shape index (κ1) is 17.6. The molecule has 0 aliphatic heterocycles. The lowest BCUT2D eigenvalue weighted by Gasteiger charge is -2.33. The van der Waals surface area contributed by atoms with E-state index in [1.165, 1.54) is 0 Å². The summed E-state index contributed by atoms with van der Waals surface area (Å²) in [6.45, 7) is 0. The molecule has 1 aromatic heterocycles. The number of benzene rings is 1. The standard InChI is InChI=1S/C20H21ClN2O2/c1-25-19-9-3-8-18(23-19)22-17-7-4-11-20(24,14-17)12-10-15-5-2-6-16(21)13-15/h2-3,5-6,8-9,13,17,24H,4,7,11,14H2,1H3,(H,22,23)/t17-,20+/m1/s1. The predicted molar refractivity (Wildman–Crippen MR) is 99.9 cm³/mol. The van der Waals surface area contributed by atoms with E-state index in [1.807, 2.05) is 30.3 Å². The lowest BCUT2D eigenvalue weighted by molar-refractivity contribution is 0.0561. The number of halogens is 1. The maximum atomic E-state index is 10.9. The number of ether oxygens (including phenoxy) is 1. The molecule has 1 aromatic carbocycles. The van der Waals surface area contributed by atoms with Crippen molar-refractivity contribution in [2.45, 2.75) is 37.3 Å². The second kappa shape index (κ2) is 7.77. The molecule has 2 aromatic rings.